The van der Waals surface area contributed by atoms with Gasteiger partial charge in [-0.05, 0) is 39.0 Å². The molecule has 0 aliphatic heterocycles. The second kappa shape index (κ2) is 9.61. The van der Waals surface area contributed by atoms with Crippen molar-refractivity contribution in [2.45, 2.75) is 84.0 Å². The van der Waals surface area contributed by atoms with E-state index in [0.717, 1.165) is 19.3 Å². The van der Waals surface area contributed by atoms with Crippen LogP contribution in [0.2, 0.25) is 0 Å². The molecule has 0 radical (unpaired) electrons. The minimum Gasteiger partial charge on any atom is -0.392 e. The van der Waals surface area contributed by atoms with Gasteiger partial charge in [-0.25, -0.2) is 0 Å². The van der Waals surface area contributed by atoms with Gasteiger partial charge in [0.25, 0.3) is 0 Å². The second-order valence-corrected chi connectivity index (χ2v) is 7.71. The van der Waals surface area contributed by atoms with E-state index in [9.17, 15) is 15.3 Å². The van der Waals surface area contributed by atoms with E-state index in [0.29, 0.717) is 5.92 Å². The van der Waals surface area contributed by atoms with Crippen LogP contribution in [0, 0.1) is 17.8 Å². The van der Waals surface area contributed by atoms with Crippen molar-refractivity contribution in [3.05, 3.63) is 24.3 Å². The number of allylic oxidation sites excluding steroid dienone is 2. The van der Waals surface area contributed by atoms with Crippen molar-refractivity contribution >= 4 is 0 Å². The molecular formula is C20H36O3. The second-order valence-electron chi connectivity index (χ2n) is 7.71. The zero-order valence-electron chi connectivity index (χ0n) is 15.3. The van der Waals surface area contributed by atoms with Gasteiger partial charge in [-0.15, -0.1) is 0 Å². The summed E-state index contributed by atoms with van der Waals surface area (Å²) in [6, 6.07) is 0. The van der Waals surface area contributed by atoms with Crippen LogP contribution in [0.3, 0.4) is 0 Å². The highest BCUT2D eigenvalue weighted by Gasteiger charge is 2.32. The Bertz CT molecular complexity index is 375. The van der Waals surface area contributed by atoms with Gasteiger partial charge in [0.1, 0.15) is 0 Å². The van der Waals surface area contributed by atoms with E-state index in [1.165, 1.54) is 19.3 Å². The zero-order chi connectivity index (χ0) is 17.5. The van der Waals surface area contributed by atoms with Crippen LogP contribution in [0.25, 0.3) is 0 Å². The summed E-state index contributed by atoms with van der Waals surface area (Å²) in [5.41, 5.74) is -0.824. The molecule has 23 heavy (non-hydrogen) atoms. The molecule has 1 aliphatic rings. The molecule has 0 unspecified atom stereocenters. The largest absolute Gasteiger partial charge is 0.392 e. The third kappa shape index (κ3) is 7.19. The van der Waals surface area contributed by atoms with E-state index in [4.69, 9.17) is 0 Å². The fourth-order valence-electron chi connectivity index (χ4n) is 3.49. The van der Waals surface area contributed by atoms with Gasteiger partial charge in [-0.2, -0.15) is 0 Å². The Morgan fingerprint density at radius 3 is 2.22 bits per heavy atom. The fourth-order valence-corrected chi connectivity index (χ4v) is 3.49. The quantitative estimate of drug-likeness (QED) is 0.595. The number of aliphatic hydroxyl groups is 3. The first-order valence-electron chi connectivity index (χ1n) is 9.20. The van der Waals surface area contributed by atoms with Crippen molar-refractivity contribution in [1.82, 2.24) is 0 Å². The summed E-state index contributed by atoms with van der Waals surface area (Å²) in [6.07, 6.45) is 13.1. The van der Waals surface area contributed by atoms with Crippen molar-refractivity contribution < 1.29 is 15.3 Å². The van der Waals surface area contributed by atoms with Crippen molar-refractivity contribution in [2.24, 2.45) is 17.8 Å². The molecule has 3 nitrogen and oxygen atoms in total. The SMILES string of the molecule is CC[C@@H](/C=C/C=C/C(C)(C)O)[C@H](O)[C@@H](C)[C@@H](O)C1CCCCC1. The maximum absolute atomic E-state index is 10.7. The maximum Gasteiger partial charge on any atom is 0.0774 e. The third-order valence-electron chi connectivity index (χ3n) is 5.09. The summed E-state index contributed by atoms with van der Waals surface area (Å²) in [5, 5.41) is 30.9. The van der Waals surface area contributed by atoms with Crippen LogP contribution in [-0.4, -0.2) is 33.1 Å². The fraction of sp³-hybridized carbons (Fsp3) is 0.800. The third-order valence-corrected chi connectivity index (χ3v) is 5.09. The molecule has 0 amide bonds. The summed E-state index contributed by atoms with van der Waals surface area (Å²) < 4.78 is 0. The lowest BCUT2D eigenvalue weighted by Crippen LogP contribution is -2.39. The van der Waals surface area contributed by atoms with Gasteiger partial charge in [0.2, 0.25) is 0 Å². The summed E-state index contributed by atoms with van der Waals surface area (Å²) in [5.74, 6) is 0.241. The molecular weight excluding hydrogens is 288 g/mol. The first-order valence-corrected chi connectivity index (χ1v) is 9.20. The molecule has 0 heterocycles. The molecule has 134 valence electrons. The average Bonchev–Trinajstić information content (AvgIpc) is 2.53. The van der Waals surface area contributed by atoms with Gasteiger partial charge in [0.05, 0.1) is 17.8 Å². The van der Waals surface area contributed by atoms with Crippen molar-refractivity contribution in [3.63, 3.8) is 0 Å². The van der Waals surface area contributed by atoms with Gasteiger partial charge in [-0.3, -0.25) is 0 Å². The smallest absolute Gasteiger partial charge is 0.0774 e. The molecule has 0 aromatic carbocycles. The Balaban J connectivity index is 2.61. The van der Waals surface area contributed by atoms with Crippen LogP contribution < -0.4 is 0 Å². The predicted octanol–water partition coefficient (Wildman–Crippen LogP) is 3.83. The lowest BCUT2D eigenvalue weighted by atomic mass is 9.77. The molecule has 1 aliphatic carbocycles. The summed E-state index contributed by atoms with van der Waals surface area (Å²) >= 11 is 0. The van der Waals surface area contributed by atoms with Crippen molar-refractivity contribution in [2.75, 3.05) is 0 Å². The summed E-state index contributed by atoms with van der Waals surface area (Å²) in [7, 11) is 0. The van der Waals surface area contributed by atoms with Gasteiger partial charge in [-0.1, -0.05) is 57.4 Å². The van der Waals surface area contributed by atoms with Crippen molar-refractivity contribution in [1.29, 1.82) is 0 Å². The number of hydrogen-bond acceptors (Lipinski definition) is 3. The number of rotatable bonds is 8. The number of hydrogen-bond donors (Lipinski definition) is 3. The minimum absolute atomic E-state index is 0.0229. The van der Waals surface area contributed by atoms with Gasteiger partial charge in [0, 0.05) is 11.8 Å². The van der Waals surface area contributed by atoms with Crippen LogP contribution in [0.15, 0.2) is 24.3 Å². The highest BCUT2D eigenvalue weighted by atomic mass is 16.3. The molecule has 3 heteroatoms. The first-order chi connectivity index (χ1) is 10.8. The van der Waals surface area contributed by atoms with Crippen LogP contribution in [0.5, 0.6) is 0 Å². The predicted molar refractivity (Wildman–Crippen MR) is 96.1 cm³/mol. The van der Waals surface area contributed by atoms with Crippen molar-refractivity contribution in [3.8, 4) is 0 Å². The molecule has 0 spiro atoms. The van der Waals surface area contributed by atoms with Gasteiger partial charge in [0.15, 0.2) is 0 Å². The van der Waals surface area contributed by atoms with E-state index < -0.39 is 17.8 Å². The first kappa shape index (κ1) is 20.4. The Labute approximate surface area is 142 Å². The molecule has 0 aromatic heterocycles. The zero-order valence-corrected chi connectivity index (χ0v) is 15.3. The van der Waals surface area contributed by atoms with Gasteiger partial charge < -0.3 is 15.3 Å². The van der Waals surface area contributed by atoms with Crippen LogP contribution >= 0.6 is 0 Å². The Morgan fingerprint density at radius 1 is 1.09 bits per heavy atom. The molecule has 1 rings (SSSR count). The Morgan fingerprint density at radius 2 is 1.70 bits per heavy atom. The molecule has 1 fully saturated rings. The molecule has 4 atom stereocenters. The standard InChI is InChI=1S/C20H36O3/c1-5-16(11-9-10-14-20(3,4)23)18(21)15(2)19(22)17-12-7-6-8-13-17/h9-11,14-19,21-23H,5-8,12-13H2,1-4H3/b11-9+,14-10+/t15-,16+,18-,19-/m1/s1. The highest BCUT2D eigenvalue weighted by Crippen LogP contribution is 2.32. The van der Waals surface area contributed by atoms with E-state index in [-0.39, 0.29) is 11.8 Å². The van der Waals surface area contributed by atoms with E-state index in [2.05, 4.69) is 6.92 Å². The van der Waals surface area contributed by atoms with Crippen LogP contribution in [-0.2, 0) is 0 Å². The monoisotopic (exact) mass is 324 g/mol. The highest BCUT2D eigenvalue weighted by molar-refractivity contribution is 5.09. The Kier molecular flexibility index (Phi) is 8.52. The van der Waals surface area contributed by atoms with E-state index >= 15 is 0 Å². The maximum atomic E-state index is 10.7. The lowest BCUT2D eigenvalue weighted by molar-refractivity contribution is -0.0346. The van der Waals surface area contributed by atoms with E-state index in [1.807, 2.05) is 25.2 Å². The van der Waals surface area contributed by atoms with E-state index in [1.54, 1.807) is 19.9 Å². The summed E-state index contributed by atoms with van der Waals surface area (Å²) in [6.45, 7) is 7.48. The molecule has 0 saturated heterocycles. The average molecular weight is 325 g/mol. The Hall–Kier alpha value is -0.640. The molecule has 1 saturated carbocycles. The topological polar surface area (TPSA) is 60.7 Å². The number of aliphatic hydroxyl groups excluding tert-OH is 2. The minimum atomic E-state index is -0.824. The summed E-state index contributed by atoms with van der Waals surface area (Å²) in [4.78, 5) is 0. The van der Waals surface area contributed by atoms with Crippen LogP contribution in [0.4, 0.5) is 0 Å². The molecule has 0 bridgehead atoms. The molecule has 3 N–H and O–H groups in total. The van der Waals surface area contributed by atoms with Crippen LogP contribution in [0.1, 0.15) is 66.2 Å². The lowest BCUT2D eigenvalue weighted by Gasteiger charge is -2.34. The van der Waals surface area contributed by atoms with Gasteiger partial charge >= 0.3 is 0 Å². The normalized spacial score (nSPS) is 23.3. The molecule has 0 aromatic rings.